The fourth-order valence-electron chi connectivity index (χ4n) is 2.59. The third kappa shape index (κ3) is 7.09. The van der Waals surface area contributed by atoms with Crippen molar-refractivity contribution in [1.29, 1.82) is 0 Å². The Labute approximate surface area is 130 Å². The lowest BCUT2D eigenvalue weighted by atomic mass is 9.97. The fourth-order valence-corrected chi connectivity index (χ4v) is 2.59. The summed E-state index contributed by atoms with van der Waals surface area (Å²) in [7, 11) is 0. The quantitative estimate of drug-likeness (QED) is 0.515. The predicted octanol–water partition coefficient (Wildman–Crippen LogP) is 2.55. The van der Waals surface area contributed by atoms with Gasteiger partial charge < -0.3 is 11.5 Å². The lowest BCUT2D eigenvalue weighted by Crippen LogP contribution is -2.35. The number of unbranched alkanes of at least 4 members (excludes halogenated alkanes) is 2. The smallest absolute Gasteiger partial charge is 0.244 e. The predicted molar refractivity (Wildman–Crippen MR) is 89.0 cm³/mol. The van der Waals surface area contributed by atoms with E-state index in [0.29, 0.717) is 0 Å². The van der Waals surface area contributed by atoms with Gasteiger partial charge in [0.05, 0.1) is 6.54 Å². The number of nitrogens with zero attached hydrogens (tertiary/aromatic N) is 2. The van der Waals surface area contributed by atoms with E-state index in [9.17, 15) is 0 Å². The number of rotatable bonds is 10. The Kier molecular flexibility index (Phi) is 6.88. The highest BCUT2D eigenvalue weighted by Gasteiger charge is 2.25. The van der Waals surface area contributed by atoms with Crippen LogP contribution in [0.25, 0.3) is 0 Å². The van der Waals surface area contributed by atoms with Crippen molar-refractivity contribution < 1.29 is 4.57 Å². The molecule has 0 aliphatic rings. The molecular formula is C17H35N4+. The van der Waals surface area contributed by atoms with Gasteiger partial charge >= 0.3 is 0 Å². The van der Waals surface area contributed by atoms with E-state index in [0.717, 1.165) is 25.9 Å². The molecule has 0 saturated carbocycles. The Morgan fingerprint density at radius 3 is 2.29 bits per heavy atom. The lowest BCUT2D eigenvalue weighted by molar-refractivity contribution is -0.697. The highest BCUT2D eigenvalue weighted by Crippen LogP contribution is 2.21. The van der Waals surface area contributed by atoms with Crippen molar-refractivity contribution in [3.63, 3.8) is 0 Å². The second-order valence-corrected chi connectivity index (χ2v) is 7.56. The van der Waals surface area contributed by atoms with Crippen LogP contribution in [0.1, 0.15) is 66.2 Å². The molecule has 0 spiro atoms. The molecule has 0 aliphatic heterocycles. The van der Waals surface area contributed by atoms with Gasteiger partial charge in [0.15, 0.2) is 0 Å². The minimum atomic E-state index is -0.0401. The number of aryl methyl sites for hydroxylation is 1. The summed E-state index contributed by atoms with van der Waals surface area (Å²) in [6, 6.07) is 0. The van der Waals surface area contributed by atoms with Gasteiger partial charge in [-0.15, -0.1) is 0 Å². The van der Waals surface area contributed by atoms with Crippen LogP contribution in [0.3, 0.4) is 0 Å². The van der Waals surface area contributed by atoms with E-state index in [1.165, 1.54) is 25.7 Å². The molecule has 0 amide bonds. The van der Waals surface area contributed by atoms with Crippen LogP contribution in [-0.2, 0) is 12.1 Å². The second kappa shape index (κ2) is 7.95. The first kappa shape index (κ1) is 18.2. The summed E-state index contributed by atoms with van der Waals surface area (Å²) in [4.78, 5) is 0. The SMILES string of the molecule is CC(C)(N)CCCC[n+]1ccn(C(C)(C)CCCCN)c1. The number of nitrogens with two attached hydrogens (primary N) is 2. The van der Waals surface area contributed by atoms with Crippen LogP contribution < -0.4 is 16.0 Å². The van der Waals surface area contributed by atoms with Crippen molar-refractivity contribution in [2.75, 3.05) is 6.54 Å². The lowest BCUT2D eigenvalue weighted by Gasteiger charge is -2.20. The highest BCUT2D eigenvalue weighted by molar-refractivity contribution is 4.82. The van der Waals surface area contributed by atoms with Gasteiger partial charge in [0.2, 0.25) is 6.33 Å². The van der Waals surface area contributed by atoms with E-state index < -0.39 is 0 Å². The molecule has 0 atom stereocenters. The van der Waals surface area contributed by atoms with Gasteiger partial charge in [-0.25, -0.2) is 9.13 Å². The Morgan fingerprint density at radius 2 is 1.67 bits per heavy atom. The maximum Gasteiger partial charge on any atom is 0.244 e. The average Bonchev–Trinajstić information content (AvgIpc) is 2.83. The molecule has 0 fully saturated rings. The molecule has 4 heteroatoms. The normalized spacial score (nSPS) is 12.9. The third-order valence-electron chi connectivity index (χ3n) is 4.12. The molecule has 0 unspecified atom stereocenters. The molecule has 0 radical (unpaired) electrons. The summed E-state index contributed by atoms with van der Waals surface area (Å²) < 4.78 is 4.62. The van der Waals surface area contributed by atoms with E-state index in [-0.39, 0.29) is 11.1 Å². The molecule has 0 aromatic carbocycles. The Morgan fingerprint density at radius 1 is 1.00 bits per heavy atom. The zero-order valence-electron chi connectivity index (χ0n) is 14.4. The van der Waals surface area contributed by atoms with Gasteiger partial charge in [0, 0.05) is 5.54 Å². The molecule has 0 aliphatic carbocycles. The van der Waals surface area contributed by atoms with Gasteiger partial charge in [-0.1, -0.05) is 0 Å². The zero-order valence-corrected chi connectivity index (χ0v) is 14.4. The number of imidazole rings is 1. The molecule has 0 bridgehead atoms. The van der Waals surface area contributed by atoms with Gasteiger partial charge in [-0.3, -0.25) is 0 Å². The largest absolute Gasteiger partial charge is 0.330 e. The van der Waals surface area contributed by atoms with E-state index in [4.69, 9.17) is 11.5 Å². The summed E-state index contributed by atoms with van der Waals surface area (Å²) in [5.41, 5.74) is 11.7. The van der Waals surface area contributed by atoms with Gasteiger partial charge in [-0.2, -0.15) is 0 Å². The number of hydrogen-bond acceptors (Lipinski definition) is 2. The molecular weight excluding hydrogens is 260 g/mol. The van der Waals surface area contributed by atoms with Crippen molar-refractivity contribution in [1.82, 2.24) is 4.57 Å². The highest BCUT2D eigenvalue weighted by atomic mass is 15.1. The number of hydrogen-bond donors (Lipinski definition) is 2. The van der Waals surface area contributed by atoms with Crippen molar-refractivity contribution in [3.05, 3.63) is 18.7 Å². The maximum absolute atomic E-state index is 6.01. The average molecular weight is 295 g/mol. The van der Waals surface area contributed by atoms with Gasteiger partial charge in [0.1, 0.15) is 17.9 Å². The monoisotopic (exact) mass is 295 g/mol. The maximum atomic E-state index is 6.01. The minimum Gasteiger partial charge on any atom is -0.330 e. The Hall–Kier alpha value is -0.870. The van der Waals surface area contributed by atoms with Gasteiger partial charge in [-0.05, 0) is 72.8 Å². The molecule has 1 aromatic heterocycles. The van der Waals surface area contributed by atoms with Crippen LogP contribution >= 0.6 is 0 Å². The summed E-state index contributed by atoms with van der Waals surface area (Å²) in [6.07, 6.45) is 13.5. The third-order valence-corrected chi connectivity index (χ3v) is 4.12. The molecule has 4 nitrogen and oxygen atoms in total. The summed E-state index contributed by atoms with van der Waals surface area (Å²) in [6.45, 7) is 10.7. The van der Waals surface area contributed by atoms with Crippen molar-refractivity contribution in [2.45, 2.75) is 83.8 Å². The van der Waals surface area contributed by atoms with E-state index in [1.807, 2.05) is 0 Å². The standard InChI is InChI=1S/C17H35N4/c1-16(2,19)9-6-8-12-20-13-14-21(15-20)17(3,4)10-5-7-11-18/h13-15H,5-12,18-19H2,1-4H3/q+1. The van der Waals surface area contributed by atoms with Crippen LogP contribution in [0.2, 0.25) is 0 Å². The topological polar surface area (TPSA) is 60.8 Å². The first-order valence-electron chi connectivity index (χ1n) is 8.31. The summed E-state index contributed by atoms with van der Waals surface area (Å²) in [5, 5.41) is 0. The van der Waals surface area contributed by atoms with E-state index in [2.05, 4.69) is 55.6 Å². The second-order valence-electron chi connectivity index (χ2n) is 7.56. The van der Waals surface area contributed by atoms with Crippen molar-refractivity contribution in [3.8, 4) is 0 Å². The number of aromatic nitrogens is 2. The van der Waals surface area contributed by atoms with E-state index in [1.54, 1.807) is 0 Å². The molecule has 0 saturated heterocycles. The van der Waals surface area contributed by atoms with Crippen molar-refractivity contribution in [2.24, 2.45) is 11.5 Å². The minimum absolute atomic E-state index is 0.0401. The van der Waals surface area contributed by atoms with Crippen LogP contribution in [0.4, 0.5) is 0 Å². The first-order valence-corrected chi connectivity index (χ1v) is 8.31. The molecule has 4 N–H and O–H groups in total. The molecule has 1 rings (SSSR count). The molecule has 21 heavy (non-hydrogen) atoms. The zero-order chi connectivity index (χ0) is 15.9. The van der Waals surface area contributed by atoms with Gasteiger partial charge in [0.25, 0.3) is 0 Å². The Balaban J connectivity index is 2.41. The Bertz CT molecular complexity index is 401. The summed E-state index contributed by atoms with van der Waals surface area (Å²) in [5.74, 6) is 0. The molecule has 1 heterocycles. The van der Waals surface area contributed by atoms with E-state index >= 15 is 0 Å². The van der Waals surface area contributed by atoms with Crippen LogP contribution in [0.5, 0.6) is 0 Å². The molecule has 122 valence electrons. The fraction of sp³-hybridized carbons (Fsp3) is 0.824. The first-order chi connectivity index (χ1) is 9.74. The van der Waals surface area contributed by atoms with Crippen LogP contribution in [-0.4, -0.2) is 16.7 Å². The van der Waals surface area contributed by atoms with Crippen molar-refractivity contribution >= 4 is 0 Å². The molecule has 1 aromatic rings. The van der Waals surface area contributed by atoms with Crippen LogP contribution in [0, 0.1) is 0 Å². The van der Waals surface area contributed by atoms with Crippen LogP contribution in [0.15, 0.2) is 18.7 Å². The summed E-state index contributed by atoms with van der Waals surface area (Å²) >= 11 is 0.